The number of carbonyl (C=O) groups is 2. The third-order valence-corrected chi connectivity index (χ3v) is 4.42. The number of hydrogen-bond acceptors (Lipinski definition) is 2. The smallest absolute Gasteiger partial charge is 0.317 e. The predicted molar refractivity (Wildman–Crippen MR) is 84.5 cm³/mol. The summed E-state index contributed by atoms with van der Waals surface area (Å²) >= 11 is 0. The standard InChI is InChI=1S/C17H23N3O2/c1-2-18-17(22)20-10-14(12-6-4-3-5-7-12)15(11-20)16(21)19-13-8-9-13/h3-7,13-15H,2,8-11H2,1H3,(H,18,22)(H,19,21). The van der Waals surface area contributed by atoms with Gasteiger partial charge >= 0.3 is 6.03 Å². The highest BCUT2D eigenvalue weighted by Crippen LogP contribution is 2.33. The summed E-state index contributed by atoms with van der Waals surface area (Å²) in [6, 6.07) is 10.3. The van der Waals surface area contributed by atoms with Crippen LogP contribution in [-0.4, -0.2) is 42.5 Å². The molecule has 1 aliphatic carbocycles. The monoisotopic (exact) mass is 301 g/mol. The Bertz CT molecular complexity index is 542. The average Bonchev–Trinajstić information content (AvgIpc) is 3.22. The molecule has 1 aliphatic heterocycles. The molecule has 1 saturated carbocycles. The summed E-state index contributed by atoms with van der Waals surface area (Å²) in [6.07, 6.45) is 2.16. The van der Waals surface area contributed by atoms with Crippen molar-refractivity contribution in [2.45, 2.75) is 31.7 Å². The third kappa shape index (κ3) is 3.24. The number of amides is 3. The maximum Gasteiger partial charge on any atom is 0.317 e. The van der Waals surface area contributed by atoms with E-state index in [0.717, 1.165) is 18.4 Å². The third-order valence-electron chi connectivity index (χ3n) is 4.42. The summed E-state index contributed by atoms with van der Waals surface area (Å²) in [7, 11) is 0. The highest BCUT2D eigenvalue weighted by atomic mass is 16.2. The van der Waals surface area contributed by atoms with Gasteiger partial charge in [-0.25, -0.2) is 4.79 Å². The van der Waals surface area contributed by atoms with Crippen LogP contribution in [0, 0.1) is 5.92 Å². The van der Waals surface area contributed by atoms with Crippen molar-refractivity contribution >= 4 is 11.9 Å². The summed E-state index contributed by atoms with van der Waals surface area (Å²) in [5.74, 6) is -0.00341. The van der Waals surface area contributed by atoms with Crippen molar-refractivity contribution in [3.63, 3.8) is 0 Å². The van der Waals surface area contributed by atoms with Gasteiger partial charge in [0, 0.05) is 31.6 Å². The molecule has 2 fully saturated rings. The van der Waals surface area contributed by atoms with Gasteiger partial charge in [0.05, 0.1) is 5.92 Å². The van der Waals surface area contributed by atoms with Crippen LogP contribution in [0.25, 0.3) is 0 Å². The van der Waals surface area contributed by atoms with Gasteiger partial charge in [-0.15, -0.1) is 0 Å². The highest BCUT2D eigenvalue weighted by molar-refractivity contribution is 5.83. The quantitative estimate of drug-likeness (QED) is 0.889. The second kappa shape index (κ2) is 6.38. The molecule has 2 unspecified atom stereocenters. The largest absolute Gasteiger partial charge is 0.353 e. The van der Waals surface area contributed by atoms with Crippen LogP contribution < -0.4 is 10.6 Å². The number of rotatable bonds is 4. The van der Waals surface area contributed by atoms with Crippen molar-refractivity contribution in [2.75, 3.05) is 19.6 Å². The van der Waals surface area contributed by atoms with E-state index in [1.165, 1.54) is 0 Å². The molecule has 2 aliphatic rings. The van der Waals surface area contributed by atoms with Gasteiger partial charge in [-0.05, 0) is 25.3 Å². The number of benzene rings is 1. The lowest BCUT2D eigenvalue weighted by atomic mass is 9.88. The van der Waals surface area contributed by atoms with Gasteiger partial charge in [-0.2, -0.15) is 0 Å². The lowest BCUT2D eigenvalue weighted by Gasteiger charge is -2.17. The number of carbonyl (C=O) groups excluding carboxylic acids is 2. The first-order valence-electron chi connectivity index (χ1n) is 8.07. The second-order valence-electron chi connectivity index (χ2n) is 6.15. The van der Waals surface area contributed by atoms with Crippen molar-refractivity contribution in [3.05, 3.63) is 35.9 Å². The Kier molecular flexibility index (Phi) is 4.32. The zero-order valence-electron chi connectivity index (χ0n) is 12.9. The van der Waals surface area contributed by atoms with Gasteiger partial charge < -0.3 is 15.5 Å². The second-order valence-corrected chi connectivity index (χ2v) is 6.15. The molecule has 0 spiro atoms. The fourth-order valence-electron chi connectivity index (χ4n) is 3.07. The maximum absolute atomic E-state index is 12.5. The molecule has 3 amide bonds. The van der Waals surface area contributed by atoms with Crippen molar-refractivity contribution in [1.29, 1.82) is 0 Å². The SMILES string of the molecule is CCNC(=O)N1CC(C(=O)NC2CC2)C(c2ccccc2)C1. The molecule has 1 heterocycles. The molecule has 1 aromatic rings. The van der Waals surface area contributed by atoms with Gasteiger partial charge in [0.25, 0.3) is 0 Å². The van der Waals surface area contributed by atoms with E-state index < -0.39 is 0 Å². The first kappa shape index (κ1) is 14.9. The van der Waals surface area contributed by atoms with Crippen molar-refractivity contribution in [3.8, 4) is 0 Å². The molecule has 0 bridgehead atoms. The first-order chi connectivity index (χ1) is 10.7. The molecule has 118 valence electrons. The number of urea groups is 1. The molecule has 1 saturated heterocycles. The molecule has 2 N–H and O–H groups in total. The molecule has 5 heteroatoms. The van der Waals surface area contributed by atoms with E-state index in [0.29, 0.717) is 25.7 Å². The first-order valence-corrected chi connectivity index (χ1v) is 8.07. The summed E-state index contributed by atoms with van der Waals surface area (Å²) in [5, 5.41) is 5.92. The predicted octanol–water partition coefficient (Wildman–Crippen LogP) is 1.71. The Balaban J connectivity index is 1.76. The average molecular weight is 301 g/mol. The van der Waals surface area contributed by atoms with Crippen LogP contribution >= 0.6 is 0 Å². The number of likely N-dealkylation sites (tertiary alicyclic amines) is 1. The molecule has 5 nitrogen and oxygen atoms in total. The van der Waals surface area contributed by atoms with Crippen LogP contribution in [0.15, 0.2) is 30.3 Å². The topological polar surface area (TPSA) is 61.4 Å². The van der Waals surface area contributed by atoms with E-state index in [9.17, 15) is 9.59 Å². The molecule has 3 rings (SSSR count). The molecular formula is C17H23N3O2. The number of hydrogen-bond donors (Lipinski definition) is 2. The molecule has 0 aromatic heterocycles. The van der Waals surface area contributed by atoms with Gasteiger partial charge in [-0.1, -0.05) is 30.3 Å². The van der Waals surface area contributed by atoms with Crippen molar-refractivity contribution in [2.24, 2.45) is 5.92 Å². The Labute approximate surface area is 131 Å². The molecule has 2 atom stereocenters. The zero-order chi connectivity index (χ0) is 15.5. The van der Waals surface area contributed by atoms with Crippen LogP contribution in [0.1, 0.15) is 31.2 Å². The highest BCUT2D eigenvalue weighted by Gasteiger charge is 2.41. The van der Waals surface area contributed by atoms with E-state index in [2.05, 4.69) is 10.6 Å². The number of nitrogens with one attached hydrogen (secondary N) is 2. The maximum atomic E-state index is 12.5. The van der Waals surface area contributed by atoms with E-state index in [1.54, 1.807) is 4.90 Å². The Morgan fingerprint density at radius 2 is 1.91 bits per heavy atom. The number of nitrogens with zero attached hydrogens (tertiary/aromatic N) is 1. The van der Waals surface area contributed by atoms with Crippen LogP contribution in [0.5, 0.6) is 0 Å². The lowest BCUT2D eigenvalue weighted by molar-refractivity contribution is -0.125. The lowest BCUT2D eigenvalue weighted by Crippen LogP contribution is -2.40. The van der Waals surface area contributed by atoms with Gasteiger partial charge in [0.2, 0.25) is 5.91 Å². The Morgan fingerprint density at radius 1 is 1.18 bits per heavy atom. The summed E-state index contributed by atoms with van der Waals surface area (Å²) in [5.41, 5.74) is 1.13. The Morgan fingerprint density at radius 3 is 2.55 bits per heavy atom. The fourth-order valence-corrected chi connectivity index (χ4v) is 3.07. The van der Waals surface area contributed by atoms with Crippen LogP contribution in [0.3, 0.4) is 0 Å². The van der Waals surface area contributed by atoms with E-state index in [1.807, 2.05) is 37.3 Å². The minimum Gasteiger partial charge on any atom is -0.353 e. The van der Waals surface area contributed by atoms with Gasteiger partial charge in [-0.3, -0.25) is 4.79 Å². The molecule has 0 radical (unpaired) electrons. The Hall–Kier alpha value is -2.04. The summed E-state index contributed by atoms with van der Waals surface area (Å²) in [4.78, 5) is 26.4. The van der Waals surface area contributed by atoms with Crippen LogP contribution in [-0.2, 0) is 4.79 Å². The molecule has 1 aromatic carbocycles. The van der Waals surface area contributed by atoms with Gasteiger partial charge in [0.15, 0.2) is 0 Å². The van der Waals surface area contributed by atoms with Crippen LogP contribution in [0.4, 0.5) is 4.79 Å². The summed E-state index contributed by atoms with van der Waals surface area (Å²) in [6.45, 7) is 3.59. The van der Waals surface area contributed by atoms with Crippen LogP contribution in [0.2, 0.25) is 0 Å². The van der Waals surface area contributed by atoms with Gasteiger partial charge in [0.1, 0.15) is 0 Å². The van der Waals surface area contributed by atoms with Crippen molar-refractivity contribution in [1.82, 2.24) is 15.5 Å². The summed E-state index contributed by atoms with van der Waals surface area (Å²) < 4.78 is 0. The van der Waals surface area contributed by atoms with Crippen molar-refractivity contribution < 1.29 is 9.59 Å². The molecular weight excluding hydrogens is 278 g/mol. The molecule has 22 heavy (non-hydrogen) atoms. The minimum atomic E-state index is -0.161. The normalized spacial score (nSPS) is 24.1. The van der Waals surface area contributed by atoms with E-state index >= 15 is 0 Å². The van der Waals surface area contributed by atoms with E-state index in [4.69, 9.17) is 0 Å². The van der Waals surface area contributed by atoms with E-state index in [-0.39, 0.29) is 23.8 Å². The minimum absolute atomic E-state index is 0.0718. The fraction of sp³-hybridized carbons (Fsp3) is 0.529. The zero-order valence-corrected chi connectivity index (χ0v) is 12.9.